The summed E-state index contributed by atoms with van der Waals surface area (Å²) in [6.45, 7) is 5.53. The SMILES string of the molecule is CC1(C)Oc2ccccc2[C@H]2O[C@H]3CCCN(CC(N)=O)[C@H]3C[C@@H]21. The van der Waals surface area contributed by atoms with Crippen LogP contribution in [0.5, 0.6) is 5.75 Å². The normalized spacial score (nSPS) is 34.4. The predicted octanol–water partition coefficient (Wildman–Crippen LogP) is 2.25. The van der Waals surface area contributed by atoms with E-state index in [0.717, 1.165) is 37.1 Å². The number of hydrogen-bond donors (Lipinski definition) is 1. The summed E-state index contributed by atoms with van der Waals surface area (Å²) < 4.78 is 12.9. The topological polar surface area (TPSA) is 64.8 Å². The van der Waals surface area contributed by atoms with Gasteiger partial charge in [0.05, 0.1) is 18.8 Å². The third-order valence-electron chi connectivity index (χ3n) is 5.86. The molecule has 5 heteroatoms. The summed E-state index contributed by atoms with van der Waals surface area (Å²) in [6.07, 6.45) is 3.31. The molecule has 1 aromatic carbocycles. The number of carbonyl (C=O) groups is 1. The average Bonchev–Trinajstić information content (AvgIpc) is 2.53. The van der Waals surface area contributed by atoms with Gasteiger partial charge in [-0.1, -0.05) is 18.2 Å². The summed E-state index contributed by atoms with van der Waals surface area (Å²) in [5.41, 5.74) is 6.32. The lowest BCUT2D eigenvalue weighted by atomic mass is 9.72. The Hall–Kier alpha value is -1.59. The number of nitrogens with zero attached hydrogens (tertiary/aromatic N) is 1. The first-order chi connectivity index (χ1) is 11.5. The summed E-state index contributed by atoms with van der Waals surface area (Å²) in [5, 5.41) is 0. The molecule has 4 atom stereocenters. The fraction of sp³-hybridized carbons (Fsp3) is 0.632. The van der Waals surface area contributed by atoms with Gasteiger partial charge >= 0.3 is 0 Å². The van der Waals surface area contributed by atoms with Crippen molar-refractivity contribution in [1.82, 2.24) is 4.90 Å². The molecule has 0 aliphatic carbocycles. The average molecular weight is 330 g/mol. The van der Waals surface area contributed by atoms with Gasteiger partial charge < -0.3 is 15.2 Å². The molecule has 0 aromatic heterocycles. The molecular weight excluding hydrogens is 304 g/mol. The molecule has 0 unspecified atom stereocenters. The number of nitrogens with two attached hydrogens (primary N) is 1. The van der Waals surface area contributed by atoms with Gasteiger partial charge in [-0.25, -0.2) is 0 Å². The largest absolute Gasteiger partial charge is 0.487 e. The molecule has 130 valence electrons. The molecule has 2 fully saturated rings. The Morgan fingerprint density at radius 2 is 2.17 bits per heavy atom. The lowest BCUT2D eigenvalue weighted by molar-refractivity contribution is -0.189. The molecule has 0 saturated carbocycles. The van der Waals surface area contributed by atoms with Crippen LogP contribution in [0.25, 0.3) is 0 Å². The van der Waals surface area contributed by atoms with Gasteiger partial charge in [-0.05, 0) is 45.7 Å². The van der Waals surface area contributed by atoms with E-state index < -0.39 is 0 Å². The van der Waals surface area contributed by atoms with Crippen molar-refractivity contribution < 1.29 is 14.3 Å². The lowest BCUT2D eigenvalue weighted by Gasteiger charge is -2.54. The number of likely N-dealkylation sites (tertiary alicyclic amines) is 1. The smallest absolute Gasteiger partial charge is 0.231 e. The van der Waals surface area contributed by atoms with Gasteiger partial charge in [-0.3, -0.25) is 9.69 Å². The Morgan fingerprint density at radius 3 is 2.96 bits per heavy atom. The quantitative estimate of drug-likeness (QED) is 0.903. The molecule has 1 amide bonds. The van der Waals surface area contributed by atoms with Gasteiger partial charge in [0, 0.05) is 17.5 Å². The molecule has 0 spiro atoms. The van der Waals surface area contributed by atoms with Crippen LogP contribution in [0, 0.1) is 5.92 Å². The van der Waals surface area contributed by atoms with E-state index in [1.807, 2.05) is 18.2 Å². The number of amides is 1. The van der Waals surface area contributed by atoms with Crippen molar-refractivity contribution >= 4 is 5.91 Å². The second-order valence-corrected chi connectivity index (χ2v) is 7.83. The zero-order valence-electron chi connectivity index (χ0n) is 14.4. The van der Waals surface area contributed by atoms with Crippen LogP contribution in [-0.2, 0) is 9.53 Å². The number of carbonyl (C=O) groups excluding carboxylic acids is 1. The Kier molecular flexibility index (Phi) is 3.81. The zero-order valence-corrected chi connectivity index (χ0v) is 14.4. The van der Waals surface area contributed by atoms with Gasteiger partial charge in [0.1, 0.15) is 11.4 Å². The number of para-hydroxylation sites is 1. The zero-order chi connectivity index (χ0) is 16.9. The van der Waals surface area contributed by atoms with Crippen LogP contribution in [-0.4, -0.2) is 41.6 Å². The number of ether oxygens (including phenoxy) is 2. The van der Waals surface area contributed by atoms with E-state index in [1.54, 1.807) is 0 Å². The van der Waals surface area contributed by atoms with Crippen molar-refractivity contribution in [2.24, 2.45) is 11.7 Å². The summed E-state index contributed by atoms with van der Waals surface area (Å²) in [5.74, 6) is 0.941. The van der Waals surface area contributed by atoms with Crippen LogP contribution < -0.4 is 10.5 Å². The standard InChI is InChI=1S/C19H26N2O3/c1-19(2)13-10-14-16(8-5-9-21(14)11-17(20)22)23-18(13)12-6-3-4-7-15(12)24-19/h3-4,6-7,13-14,16,18H,5,8-11H2,1-2H3,(H2,20,22)/t13-,14-,16-,18+/m0/s1. The monoisotopic (exact) mass is 330 g/mol. The first-order valence-corrected chi connectivity index (χ1v) is 8.91. The van der Waals surface area contributed by atoms with Crippen molar-refractivity contribution in [3.05, 3.63) is 29.8 Å². The number of primary amides is 1. The molecule has 3 aliphatic heterocycles. The molecule has 1 aromatic rings. The number of rotatable bonds is 2. The van der Waals surface area contributed by atoms with E-state index in [4.69, 9.17) is 15.2 Å². The fourth-order valence-corrected chi connectivity index (χ4v) is 4.72. The molecule has 2 saturated heterocycles. The minimum atomic E-state index is -0.292. The highest BCUT2D eigenvalue weighted by molar-refractivity contribution is 5.76. The van der Waals surface area contributed by atoms with Crippen molar-refractivity contribution in [2.45, 2.75) is 57.0 Å². The van der Waals surface area contributed by atoms with E-state index in [9.17, 15) is 4.79 Å². The lowest BCUT2D eigenvalue weighted by Crippen LogP contribution is -2.59. The molecule has 3 heterocycles. The van der Waals surface area contributed by atoms with Gasteiger partial charge in [0.15, 0.2) is 0 Å². The summed E-state index contributed by atoms with van der Waals surface area (Å²) in [6, 6.07) is 8.46. The van der Waals surface area contributed by atoms with E-state index in [1.165, 1.54) is 0 Å². The molecule has 2 N–H and O–H groups in total. The number of piperidine rings is 1. The van der Waals surface area contributed by atoms with Crippen LogP contribution in [0.1, 0.15) is 44.8 Å². The number of benzene rings is 1. The molecule has 5 nitrogen and oxygen atoms in total. The number of fused-ring (bicyclic) bond motifs is 4. The van der Waals surface area contributed by atoms with Gasteiger partial charge in [-0.2, -0.15) is 0 Å². The highest BCUT2D eigenvalue weighted by Crippen LogP contribution is 2.52. The van der Waals surface area contributed by atoms with Crippen LogP contribution in [0.15, 0.2) is 24.3 Å². The van der Waals surface area contributed by atoms with E-state index in [0.29, 0.717) is 6.54 Å². The van der Waals surface area contributed by atoms with E-state index >= 15 is 0 Å². The fourth-order valence-electron chi connectivity index (χ4n) is 4.72. The maximum atomic E-state index is 11.4. The van der Waals surface area contributed by atoms with Gasteiger partial charge in [-0.15, -0.1) is 0 Å². The molecule has 4 rings (SSSR count). The van der Waals surface area contributed by atoms with Crippen molar-refractivity contribution in [3.8, 4) is 5.75 Å². The molecule has 0 radical (unpaired) electrons. The van der Waals surface area contributed by atoms with E-state index in [-0.39, 0.29) is 35.7 Å². The number of hydrogen-bond acceptors (Lipinski definition) is 4. The highest BCUT2D eigenvalue weighted by atomic mass is 16.5. The van der Waals surface area contributed by atoms with Crippen LogP contribution in [0.3, 0.4) is 0 Å². The summed E-state index contributed by atoms with van der Waals surface area (Å²) >= 11 is 0. The maximum Gasteiger partial charge on any atom is 0.231 e. The minimum Gasteiger partial charge on any atom is -0.487 e. The highest BCUT2D eigenvalue weighted by Gasteiger charge is 2.52. The van der Waals surface area contributed by atoms with Gasteiger partial charge in [0.25, 0.3) is 0 Å². The third-order valence-corrected chi connectivity index (χ3v) is 5.86. The Bertz CT molecular complexity index is 645. The summed E-state index contributed by atoms with van der Waals surface area (Å²) in [7, 11) is 0. The van der Waals surface area contributed by atoms with Crippen molar-refractivity contribution in [1.29, 1.82) is 0 Å². The second kappa shape index (κ2) is 5.74. The van der Waals surface area contributed by atoms with Gasteiger partial charge in [0.2, 0.25) is 5.91 Å². The molecular formula is C19H26N2O3. The minimum absolute atomic E-state index is 0.0692. The Balaban J connectivity index is 1.66. The Morgan fingerprint density at radius 1 is 1.38 bits per heavy atom. The molecule has 3 aliphatic rings. The first-order valence-electron chi connectivity index (χ1n) is 8.91. The second-order valence-electron chi connectivity index (χ2n) is 7.83. The van der Waals surface area contributed by atoms with Crippen molar-refractivity contribution in [2.75, 3.05) is 13.1 Å². The maximum absolute atomic E-state index is 11.4. The first kappa shape index (κ1) is 15.9. The third kappa shape index (κ3) is 2.60. The van der Waals surface area contributed by atoms with E-state index in [2.05, 4.69) is 24.8 Å². The van der Waals surface area contributed by atoms with Crippen LogP contribution in [0.4, 0.5) is 0 Å². The van der Waals surface area contributed by atoms with Crippen molar-refractivity contribution in [3.63, 3.8) is 0 Å². The Labute approximate surface area is 143 Å². The molecule has 24 heavy (non-hydrogen) atoms. The van der Waals surface area contributed by atoms with Crippen LogP contribution >= 0.6 is 0 Å². The summed E-state index contributed by atoms with van der Waals surface area (Å²) in [4.78, 5) is 13.6. The molecule has 0 bridgehead atoms. The van der Waals surface area contributed by atoms with Crippen LogP contribution in [0.2, 0.25) is 0 Å². The predicted molar refractivity (Wildman–Crippen MR) is 90.7 cm³/mol.